The van der Waals surface area contributed by atoms with Gasteiger partial charge in [-0.25, -0.2) is 13.1 Å². The van der Waals surface area contributed by atoms with E-state index in [1.807, 2.05) is 32.0 Å². The van der Waals surface area contributed by atoms with Gasteiger partial charge in [0, 0.05) is 11.2 Å². The molecule has 0 bridgehead atoms. The second-order valence-electron chi connectivity index (χ2n) is 7.49. The maximum Gasteiger partial charge on any atom is 0.262 e. The van der Waals surface area contributed by atoms with Gasteiger partial charge in [0.2, 0.25) is 10.0 Å². The van der Waals surface area contributed by atoms with E-state index < -0.39 is 15.6 Å². The zero-order chi connectivity index (χ0) is 20.2. The van der Waals surface area contributed by atoms with Gasteiger partial charge in [-0.3, -0.25) is 4.79 Å². The van der Waals surface area contributed by atoms with Crippen LogP contribution in [0, 0.1) is 13.8 Å². The molecule has 0 aliphatic heterocycles. The first-order valence-corrected chi connectivity index (χ1v) is 10.1. The van der Waals surface area contributed by atoms with Gasteiger partial charge in [-0.1, -0.05) is 17.7 Å². The predicted octanol–water partition coefficient (Wildman–Crippen LogP) is 3.40. The lowest BCUT2D eigenvalue weighted by Crippen LogP contribution is -2.40. The monoisotopic (exact) mass is 390 g/mol. The molecule has 7 heteroatoms. The Hall–Kier alpha value is -2.38. The summed E-state index contributed by atoms with van der Waals surface area (Å²) < 4.78 is 32.7. The molecule has 0 aliphatic rings. The van der Waals surface area contributed by atoms with Gasteiger partial charge in [-0.2, -0.15) is 0 Å². The largest absolute Gasteiger partial charge is 0.483 e. The number of benzene rings is 2. The van der Waals surface area contributed by atoms with Crippen LogP contribution in [-0.4, -0.2) is 26.5 Å². The SMILES string of the molecule is Cc1ccc(OCC(=O)Nc2ccc(S(=O)(=O)NC(C)(C)C)cc2)c(C)c1. The molecular weight excluding hydrogens is 364 g/mol. The highest BCUT2D eigenvalue weighted by molar-refractivity contribution is 7.89. The van der Waals surface area contributed by atoms with E-state index >= 15 is 0 Å². The number of anilines is 1. The molecule has 0 fully saturated rings. The van der Waals surface area contributed by atoms with Gasteiger partial charge in [-0.15, -0.1) is 0 Å². The Kier molecular flexibility index (Phi) is 6.28. The number of amides is 1. The van der Waals surface area contributed by atoms with Gasteiger partial charge in [0.05, 0.1) is 4.90 Å². The van der Waals surface area contributed by atoms with E-state index in [9.17, 15) is 13.2 Å². The maximum absolute atomic E-state index is 12.3. The van der Waals surface area contributed by atoms with Crippen molar-refractivity contribution in [3.05, 3.63) is 53.6 Å². The Morgan fingerprint density at radius 3 is 2.22 bits per heavy atom. The molecule has 1 amide bonds. The minimum absolute atomic E-state index is 0.129. The molecule has 0 aromatic heterocycles. The highest BCUT2D eigenvalue weighted by Crippen LogP contribution is 2.19. The van der Waals surface area contributed by atoms with Gasteiger partial charge in [0.15, 0.2) is 6.61 Å². The van der Waals surface area contributed by atoms with Crippen molar-refractivity contribution < 1.29 is 17.9 Å². The molecule has 0 saturated heterocycles. The fraction of sp³-hybridized carbons (Fsp3) is 0.350. The number of carbonyl (C=O) groups is 1. The van der Waals surface area contributed by atoms with Crippen LogP contribution in [0.25, 0.3) is 0 Å². The molecule has 0 saturated carbocycles. The van der Waals surface area contributed by atoms with Crippen LogP contribution in [0.2, 0.25) is 0 Å². The molecule has 6 nitrogen and oxygen atoms in total. The van der Waals surface area contributed by atoms with Gasteiger partial charge in [0.1, 0.15) is 5.75 Å². The highest BCUT2D eigenvalue weighted by atomic mass is 32.2. The number of carbonyl (C=O) groups excluding carboxylic acids is 1. The fourth-order valence-corrected chi connectivity index (χ4v) is 3.90. The number of ether oxygens (including phenoxy) is 1. The van der Waals surface area contributed by atoms with Crippen LogP contribution < -0.4 is 14.8 Å². The van der Waals surface area contributed by atoms with E-state index in [4.69, 9.17) is 4.74 Å². The summed E-state index contributed by atoms with van der Waals surface area (Å²) in [5.41, 5.74) is 2.01. The van der Waals surface area contributed by atoms with Crippen molar-refractivity contribution in [1.82, 2.24) is 4.72 Å². The number of rotatable bonds is 6. The third-order valence-corrected chi connectivity index (χ3v) is 5.35. The summed E-state index contributed by atoms with van der Waals surface area (Å²) in [6.07, 6.45) is 0. The van der Waals surface area contributed by atoms with E-state index in [-0.39, 0.29) is 17.4 Å². The molecule has 2 aromatic carbocycles. The second-order valence-corrected chi connectivity index (χ2v) is 9.17. The fourth-order valence-electron chi connectivity index (χ4n) is 2.48. The molecule has 0 heterocycles. The van der Waals surface area contributed by atoms with Crippen LogP contribution in [0.1, 0.15) is 31.9 Å². The highest BCUT2D eigenvalue weighted by Gasteiger charge is 2.21. The zero-order valence-corrected chi connectivity index (χ0v) is 17.1. The molecule has 2 rings (SSSR count). The summed E-state index contributed by atoms with van der Waals surface area (Å²) in [6, 6.07) is 11.7. The first-order chi connectivity index (χ1) is 12.5. The van der Waals surface area contributed by atoms with Crippen molar-refractivity contribution in [2.45, 2.75) is 45.1 Å². The molecule has 2 N–H and O–H groups in total. The first-order valence-electron chi connectivity index (χ1n) is 8.60. The lowest BCUT2D eigenvalue weighted by Gasteiger charge is -2.20. The van der Waals surface area contributed by atoms with Gasteiger partial charge >= 0.3 is 0 Å². The molecule has 0 radical (unpaired) electrons. The lowest BCUT2D eigenvalue weighted by molar-refractivity contribution is -0.118. The number of hydrogen-bond donors (Lipinski definition) is 2. The summed E-state index contributed by atoms with van der Waals surface area (Å²) in [6.45, 7) is 9.10. The van der Waals surface area contributed by atoms with Crippen molar-refractivity contribution in [2.24, 2.45) is 0 Å². The van der Waals surface area contributed by atoms with E-state index in [0.717, 1.165) is 11.1 Å². The van der Waals surface area contributed by atoms with Gasteiger partial charge < -0.3 is 10.1 Å². The average molecular weight is 391 g/mol. The van der Waals surface area contributed by atoms with Crippen LogP contribution in [0.5, 0.6) is 5.75 Å². The third kappa shape index (κ3) is 6.37. The van der Waals surface area contributed by atoms with Crippen LogP contribution in [-0.2, 0) is 14.8 Å². The maximum atomic E-state index is 12.3. The molecule has 0 unspecified atom stereocenters. The lowest BCUT2D eigenvalue weighted by atomic mass is 10.1. The van der Waals surface area contributed by atoms with E-state index in [2.05, 4.69) is 10.0 Å². The summed E-state index contributed by atoms with van der Waals surface area (Å²) in [4.78, 5) is 12.2. The number of aryl methyl sites for hydroxylation is 2. The van der Waals surface area contributed by atoms with Crippen molar-refractivity contribution in [3.63, 3.8) is 0 Å². The normalized spacial score (nSPS) is 11.9. The van der Waals surface area contributed by atoms with E-state index in [0.29, 0.717) is 11.4 Å². The molecule has 146 valence electrons. The third-order valence-electron chi connectivity index (χ3n) is 3.58. The minimum atomic E-state index is -3.61. The zero-order valence-electron chi connectivity index (χ0n) is 16.3. The topological polar surface area (TPSA) is 84.5 Å². The van der Waals surface area contributed by atoms with Crippen molar-refractivity contribution in [3.8, 4) is 5.75 Å². The number of sulfonamides is 1. The molecule has 27 heavy (non-hydrogen) atoms. The summed E-state index contributed by atoms with van der Waals surface area (Å²) in [5, 5.41) is 2.69. The Morgan fingerprint density at radius 2 is 1.67 bits per heavy atom. The van der Waals surface area contributed by atoms with Crippen molar-refractivity contribution in [1.29, 1.82) is 0 Å². The van der Waals surface area contributed by atoms with Crippen LogP contribution in [0.4, 0.5) is 5.69 Å². The smallest absolute Gasteiger partial charge is 0.262 e. The number of hydrogen-bond acceptors (Lipinski definition) is 4. The molecule has 0 aliphatic carbocycles. The average Bonchev–Trinajstić information content (AvgIpc) is 2.52. The molecular formula is C20H26N2O4S. The van der Waals surface area contributed by atoms with Gasteiger partial charge in [-0.05, 0) is 70.5 Å². The quantitative estimate of drug-likeness (QED) is 0.792. The van der Waals surface area contributed by atoms with Crippen LogP contribution in [0.3, 0.4) is 0 Å². The summed E-state index contributed by atoms with van der Waals surface area (Å²) >= 11 is 0. The van der Waals surface area contributed by atoms with E-state index in [1.54, 1.807) is 32.9 Å². The molecule has 2 aromatic rings. The van der Waals surface area contributed by atoms with Crippen molar-refractivity contribution >= 4 is 21.6 Å². The summed E-state index contributed by atoms with van der Waals surface area (Å²) in [5.74, 6) is 0.337. The molecule has 0 atom stereocenters. The Labute approximate surface area is 161 Å². The standard InChI is InChI=1S/C20H26N2O4S/c1-14-6-11-18(15(2)12-14)26-13-19(23)21-16-7-9-17(10-8-16)27(24,25)22-20(3,4)5/h6-12,22H,13H2,1-5H3,(H,21,23). The number of nitrogens with one attached hydrogen (secondary N) is 2. The first kappa shape index (κ1) is 20.9. The molecule has 0 spiro atoms. The Bertz CT molecular complexity index is 914. The Balaban J connectivity index is 1.96. The minimum Gasteiger partial charge on any atom is -0.483 e. The second kappa shape index (κ2) is 8.10. The van der Waals surface area contributed by atoms with E-state index in [1.165, 1.54) is 12.1 Å². The Morgan fingerprint density at radius 1 is 1.04 bits per heavy atom. The predicted molar refractivity (Wildman–Crippen MR) is 107 cm³/mol. The van der Waals surface area contributed by atoms with Crippen LogP contribution in [0.15, 0.2) is 47.4 Å². The van der Waals surface area contributed by atoms with Crippen molar-refractivity contribution in [2.75, 3.05) is 11.9 Å². The van der Waals surface area contributed by atoms with Crippen LogP contribution >= 0.6 is 0 Å². The summed E-state index contributed by atoms with van der Waals surface area (Å²) in [7, 11) is -3.61. The van der Waals surface area contributed by atoms with Gasteiger partial charge in [0.25, 0.3) is 5.91 Å².